The van der Waals surface area contributed by atoms with E-state index < -0.39 is 23.0 Å². The molecule has 0 aliphatic heterocycles. The number of halogens is 2. The Morgan fingerprint density at radius 1 is 1.32 bits per heavy atom. The molecule has 0 saturated carbocycles. The molecular weight excluding hydrogens is 274 g/mol. The van der Waals surface area contributed by atoms with Gasteiger partial charge in [0.05, 0.1) is 11.4 Å². The number of hydrogen-bond donors (Lipinski definition) is 1. The van der Waals surface area contributed by atoms with Gasteiger partial charge in [0.2, 0.25) is 10.0 Å². The van der Waals surface area contributed by atoms with Gasteiger partial charge in [-0.2, -0.15) is 4.31 Å². The fourth-order valence-corrected chi connectivity index (χ4v) is 3.47. The number of aryl methyl sites for hydroxylation is 2. The molecule has 0 unspecified atom stereocenters. The van der Waals surface area contributed by atoms with Crippen molar-refractivity contribution in [1.82, 2.24) is 4.31 Å². The molecule has 1 rings (SSSR count). The molecule has 0 bridgehead atoms. The van der Waals surface area contributed by atoms with Gasteiger partial charge < -0.3 is 5.73 Å². The van der Waals surface area contributed by atoms with Crippen molar-refractivity contribution in [2.24, 2.45) is 5.73 Å². The Bertz CT molecular complexity index is 533. The maximum absolute atomic E-state index is 12.5. The lowest BCUT2D eigenvalue weighted by Crippen LogP contribution is -2.38. The van der Waals surface area contributed by atoms with Gasteiger partial charge in [0.15, 0.2) is 0 Å². The van der Waals surface area contributed by atoms with Gasteiger partial charge in [0.1, 0.15) is 0 Å². The molecule has 4 nitrogen and oxygen atoms in total. The van der Waals surface area contributed by atoms with Gasteiger partial charge in [-0.15, -0.1) is 0 Å². The number of rotatable bonds is 6. The van der Waals surface area contributed by atoms with E-state index in [2.05, 4.69) is 0 Å². The van der Waals surface area contributed by atoms with E-state index in [1.807, 2.05) is 6.92 Å². The molecule has 0 fully saturated rings. The summed E-state index contributed by atoms with van der Waals surface area (Å²) >= 11 is 0. The molecule has 0 aromatic heterocycles. The minimum atomic E-state index is -3.93. The highest BCUT2D eigenvalue weighted by Crippen LogP contribution is 2.21. The van der Waals surface area contributed by atoms with Crippen molar-refractivity contribution >= 4 is 10.0 Å². The molecule has 0 saturated heterocycles. The van der Waals surface area contributed by atoms with Crippen molar-refractivity contribution in [2.75, 3.05) is 19.6 Å². The van der Waals surface area contributed by atoms with Crippen LogP contribution < -0.4 is 5.73 Å². The number of alkyl halides is 2. The Kier molecular flexibility index (Phi) is 5.39. The van der Waals surface area contributed by atoms with E-state index in [1.165, 1.54) is 6.07 Å². The van der Waals surface area contributed by atoms with Crippen LogP contribution in [-0.2, 0) is 10.0 Å². The SMILES string of the molecule is Cc1ccc(S(=O)(=O)N(CCN)CC(F)F)c(C)c1. The second kappa shape index (κ2) is 6.40. The van der Waals surface area contributed by atoms with E-state index in [0.29, 0.717) is 5.56 Å². The van der Waals surface area contributed by atoms with Crippen LogP contribution in [-0.4, -0.2) is 38.8 Å². The lowest BCUT2D eigenvalue weighted by molar-refractivity contribution is 0.120. The largest absolute Gasteiger partial charge is 0.329 e. The summed E-state index contributed by atoms with van der Waals surface area (Å²) in [6.07, 6.45) is -2.73. The molecule has 108 valence electrons. The summed E-state index contributed by atoms with van der Waals surface area (Å²) in [5.41, 5.74) is 6.74. The van der Waals surface area contributed by atoms with E-state index in [9.17, 15) is 17.2 Å². The summed E-state index contributed by atoms with van der Waals surface area (Å²) in [7, 11) is -3.93. The summed E-state index contributed by atoms with van der Waals surface area (Å²) in [6, 6.07) is 4.79. The molecule has 0 spiro atoms. The standard InChI is InChI=1S/C12H18F2N2O2S/c1-9-3-4-11(10(2)7-9)19(17,18)16(6-5-15)8-12(13)14/h3-4,7,12H,5-6,8,15H2,1-2H3. The first-order valence-corrected chi connectivity index (χ1v) is 7.28. The summed E-state index contributed by atoms with van der Waals surface area (Å²) in [5.74, 6) is 0. The van der Waals surface area contributed by atoms with E-state index in [1.54, 1.807) is 19.1 Å². The zero-order valence-corrected chi connectivity index (χ0v) is 11.8. The van der Waals surface area contributed by atoms with Crippen LogP contribution in [0.15, 0.2) is 23.1 Å². The zero-order chi connectivity index (χ0) is 14.6. The predicted molar refractivity (Wildman–Crippen MR) is 69.7 cm³/mol. The van der Waals surface area contributed by atoms with Crippen molar-refractivity contribution in [2.45, 2.75) is 25.2 Å². The third kappa shape index (κ3) is 3.95. The summed E-state index contributed by atoms with van der Waals surface area (Å²) in [5, 5.41) is 0. The Balaban J connectivity index is 3.18. The molecule has 0 heterocycles. The fraction of sp³-hybridized carbons (Fsp3) is 0.500. The van der Waals surface area contributed by atoms with Gasteiger partial charge in [-0.05, 0) is 25.5 Å². The fourth-order valence-electron chi connectivity index (χ4n) is 1.84. The molecule has 0 atom stereocenters. The van der Waals surface area contributed by atoms with E-state index >= 15 is 0 Å². The monoisotopic (exact) mass is 292 g/mol. The first-order valence-electron chi connectivity index (χ1n) is 5.84. The third-order valence-electron chi connectivity index (χ3n) is 2.67. The number of nitrogens with two attached hydrogens (primary N) is 1. The van der Waals surface area contributed by atoms with Gasteiger partial charge in [-0.3, -0.25) is 0 Å². The maximum Gasteiger partial charge on any atom is 0.252 e. The maximum atomic E-state index is 12.5. The lowest BCUT2D eigenvalue weighted by atomic mass is 10.2. The molecule has 0 amide bonds. The van der Waals surface area contributed by atoms with E-state index in [0.717, 1.165) is 9.87 Å². The minimum Gasteiger partial charge on any atom is -0.329 e. The van der Waals surface area contributed by atoms with Crippen LogP contribution in [0.5, 0.6) is 0 Å². The zero-order valence-electron chi connectivity index (χ0n) is 10.9. The Morgan fingerprint density at radius 3 is 2.42 bits per heavy atom. The van der Waals surface area contributed by atoms with Crippen molar-refractivity contribution in [3.05, 3.63) is 29.3 Å². The van der Waals surface area contributed by atoms with E-state index in [-0.39, 0.29) is 18.0 Å². The van der Waals surface area contributed by atoms with Gasteiger partial charge in [0.25, 0.3) is 6.43 Å². The minimum absolute atomic E-state index is 0.00312. The highest BCUT2D eigenvalue weighted by Gasteiger charge is 2.27. The van der Waals surface area contributed by atoms with Crippen LogP contribution in [0, 0.1) is 13.8 Å². The van der Waals surface area contributed by atoms with Crippen molar-refractivity contribution in [3.8, 4) is 0 Å². The summed E-state index contributed by atoms with van der Waals surface area (Å²) < 4.78 is 50.3. The Morgan fingerprint density at radius 2 is 1.95 bits per heavy atom. The molecule has 1 aromatic rings. The Labute approximate surface area is 112 Å². The normalized spacial score (nSPS) is 12.4. The van der Waals surface area contributed by atoms with Crippen LogP contribution in [0.2, 0.25) is 0 Å². The van der Waals surface area contributed by atoms with Crippen LogP contribution in [0.1, 0.15) is 11.1 Å². The van der Waals surface area contributed by atoms with E-state index in [4.69, 9.17) is 5.73 Å². The second-order valence-electron chi connectivity index (χ2n) is 4.31. The topological polar surface area (TPSA) is 63.4 Å². The number of sulfonamides is 1. The average molecular weight is 292 g/mol. The van der Waals surface area contributed by atoms with Crippen molar-refractivity contribution in [1.29, 1.82) is 0 Å². The summed E-state index contributed by atoms with van der Waals surface area (Å²) in [6.45, 7) is 2.51. The first kappa shape index (κ1) is 16.0. The highest BCUT2D eigenvalue weighted by molar-refractivity contribution is 7.89. The first-order chi connectivity index (χ1) is 8.78. The van der Waals surface area contributed by atoms with Gasteiger partial charge >= 0.3 is 0 Å². The molecular formula is C12H18F2N2O2S. The molecule has 0 aliphatic carbocycles. The lowest BCUT2D eigenvalue weighted by Gasteiger charge is -2.22. The molecule has 0 radical (unpaired) electrons. The second-order valence-corrected chi connectivity index (χ2v) is 6.22. The Hall–Kier alpha value is -1.05. The van der Waals surface area contributed by atoms with Gasteiger partial charge in [-0.25, -0.2) is 17.2 Å². The average Bonchev–Trinajstić information content (AvgIpc) is 2.27. The van der Waals surface area contributed by atoms with Crippen LogP contribution in [0.4, 0.5) is 8.78 Å². The predicted octanol–water partition coefficient (Wildman–Crippen LogP) is 1.52. The molecule has 7 heteroatoms. The highest BCUT2D eigenvalue weighted by atomic mass is 32.2. The number of nitrogens with zero attached hydrogens (tertiary/aromatic N) is 1. The van der Waals surface area contributed by atoms with Crippen LogP contribution in [0.3, 0.4) is 0 Å². The van der Waals surface area contributed by atoms with Gasteiger partial charge in [0, 0.05) is 13.1 Å². The molecule has 0 aliphatic rings. The number of benzene rings is 1. The quantitative estimate of drug-likeness (QED) is 0.864. The number of hydrogen-bond acceptors (Lipinski definition) is 3. The molecule has 1 aromatic carbocycles. The summed E-state index contributed by atoms with van der Waals surface area (Å²) in [4.78, 5) is 0.0483. The third-order valence-corrected chi connectivity index (χ3v) is 4.69. The molecule has 19 heavy (non-hydrogen) atoms. The van der Waals surface area contributed by atoms with Crippen LogP contribution >= 0.6 is 0 Å². The van der Waals surface area contributed by atoms with Crippen LogP contribution in [0.25, 0.3) is 0 Å². The molecule has 2 N–H and O–H groups in total. The van der Waals surface area contributed by atoms with Gasteiger partial charge in [-0.1, -0.05) is 17.7 Å². The van der Waals surface area contributed by atoms with Crippen molar-refractivity contribution < 1.29 is 17.2 Å². The smallest absolute Gasteiger partial charge is 0.252 e. The van der Waals surface area contributed by atoms with Crippen molar-refractivity contribution in [3.63, 3.8) is 0 Å².